The smallest absolute Gasteiger partial charge is 0.305 e. The molecule has 0 aliphatic carbocycles. The Morgan fingerprint density at radius 1 is 1.00 bits per heavy atom. The van der Waals surface area contributed by atoms with Crippen molar-refractivity contribution in [3.8, 4) is 5.75 Å². The SMILES string of the molecule is COC(=O)CCCCCCc1ccc(OCCOCCO)cc1. The predicted octanol–water partition coefficient (Wildman–Crippen LogP) is 2.74. The van der Waals surface area contributed by atoms with Crippen molar-refractivity contribution < 1.29 is 24.1 Å². The molecule has 1 N–H and O–H groups in total. The highest BCUT2D eigenvalue weighted by Crippen LogP contribution is 2.15. The van der Waals surface area contributed by atoms with E-state index in [1.807, 2.05) is 12.1 Å². The molecule has 0 unspecified atom stereocenters. The van der Waals surface area contributed by atoms with E-state index in [4.69, 9.17) is 14.6 Å². The lowest BCUT2D eigenvalue weighted by atomic mass is 10.1. The van der Waals surface area contributed by atoms with E-state index in [1.54, 1.807) is 0 Å². The first-order chi connectivity index (χ1) is 11.3. The minimum Gasteiger partial charge on any atom is -0.491 e. The molecule has 0 aliphatic heterocycles. The first kappa shape index (κ1) is 19.5. The van der Waals surface area contributed by atoms with E-state index < -0.39 is 0 Å². The summed E-state index contributed by atoms with van der Waals surface area (Å²) in [7, 11) is 1.43. The zero-order valence-electron chi connectivity index (χ0n) is 14.0. The van der Waals surface area contributed by atoms with E-state index in [2.05, 4.69) is 16.9 Å². The predicted molar refractivity (Wildman–Crippen MR) is 88.6 cm³/mol. The Kier molecular flexibility index (Phi) is 10.9. The largest absolute Gasteiger partial charge is 0.491 e. The van der Waals surface area contributed by atoms with Crippen LogP contribution in [0.25, 0.3) is 0 Å². The first-order valence-electron chi connectivity index (χ1n) is 8.23. The number of rotatable bonds is 13. The number of esters is 1. The van der Waals surface area contributed by atoms with Crippen molar-refractivity contribution in [3.63, 3.8) is 0 Å². The van der Waals surface area contributed by atoms with Crippen molar-refractivity contribution in [2.45, 2.75) is 38.5 Å². The van der Waals surface area contributed by atoms with Gasteiger partial charge in [-0.2, -0.15) is 0 Å². The van der Waals surface area contributed by atoms with E-state index in [1.165, 1.54) is 12.7 Å². The third kappa shape index (κ3) is 9.92. The van der Waals surface area contributed by atoms with Gasteiger partial charge in [-0.05, 0) is 37.0 Å². The zero-order chi connectivity index (χ0) is 16.8. The summed E-state index contributed by atoms with van der Waals surface area (Å²) in [6.45, 7) is 1.35. The van der Waals surface area contributed by atoms with Gasteiger partial charge >= 0.3 is 5.97 Å². The van der Waals surface area contributed by atoms with Crippen LogP contribution in [0.5, 0.6) is 5.75 Å². The third-order valence-electron chi connectivity index (χ3n) is 3.48. The van der Waals surface area contributed by atoms with Crippen LogP contribution in [0.2, 0.25) is 0 Å². The van der Waals surface area contributed by atoms with Crippen molar-refractivity contribution in [2.75, 3.05) is 33.5 Å². The van der Waals surface area contributed by atoms with Gasteiger partial charge in [-0.1, -0.05) is 25.0 Å². The maximum absolute atomic E-state index is 11.0. The fourth-order valence-electron chi connectivity index (χ4n) is 2.19. The summed E-state index contributed by atoms with van der Waals surface area (Å²) in [5.41, 5.74) is 1.29. The Hall–Kier alpha value is -1.59. The van der Waals surface area contributed by atoms with Gasteiger partial charge in [0.05, 0.1) is 26.9 Å². The maximum atomic E-state index is 11.0. The van der Waals surface area contributed by atoms with Crippen LogP contribution in [0.4, 0.5) is 0 Å². The van der Waals surface area contributed by atoms with Gasteiger partial charge in [-0.3, -0.25) is 4.79 Å². The molecule has 0 heterocycles. The summed E-state index contributed by atoms with van der Waals surface area (Å²) in [6, 6.07) is 8.11. The van der Waals surface area contributed by atoms with Crippen molar-refractivity contribution in [2.24, 2.45) is 0 Å². The van der Waals surface area contributed by atoms with Crippen LogP contribution in [0.1, 0.15) is 37.7 Å². The van der Waals surface area contributed by atoms with Gasteiger partial charge in [0, 0.05) is 6.42 Å². The number of ether oxygens (including phenoxy) is 3. The van der Waals surface area contributed by atoms with E-state index in [0.717, 1.165) is 37.9 Å². The Morgan fingerprint density at radius 2 is 1.74 bits per heavy atom. The summed E-state index contributed by atoms with van der Waals surface area (Å²) in [5.74, 6) is 0.710. The lowest BCUT2D eigenvalue weighted by Gasteiger charge is -2.07. The second-order valence-electron chi connectivity index (χ2n) is 5.32. The standard InChI is InChI=1S/C18H28O5/c1-21-18(20)7-5-3-2-4-6-16-8-10-17(11-9-16)23-15-14-22-13-12-19/h8-11,19H,2-7,12-15H2,1H3. The molecule has 5 nitrogen and oxygen atoms in total. The topological polar surface area (TPSA) is 65.0 Å². The lowest BCUT2D eigenvalue weighted by molar-refractivity contribution is -0.140. The Balaban J connectivity index is 2.08. The molecule has 0 atom stereocenters. The van der Waals surface area contributed by atoms with Gasteiger partial charge < -0.3 is 19.3 Å². The number of hydrogen-bond acceptors (Lipinski definition) is 5. The number of unbranched alkanes of at least 4 members (excludes halogenated alkanes) is 3. The number of aliphatic hydroxyl groups is 1. The summed E-state index contributed by atoms with van der Waals surface area (Å²) >= 11 is 0. The molecule has 0 bridgehead atoms. The zero-order valence-corrected chi connectivity index (χ0v) is 14.0. The van der Waals surface area contributed by atoms with Crippen LogP contribution in [0, 0.1) is 0 Å². The van der Waals surface area contributed by atoms with Gasteiger partial charge in [0.2, 0.25) is 0 Å². The van der Waals surface area contributed by atoms with Gasteiger partial charge in [0.15, 0.2) is 0 Å². The van der Waals surface area contributed by atoms with Gasteiger partial charge in [-0.25, -0.2) is 0 Å². The van der Waals surface area contributed by atoms with E-state index in [0.29, 0.717) is 26.2 Å². The molecule has 23 heavy (non-hydrogen) atoms. The lowest BCUT2D eigenvalue weighted by Crippen LogP contribution is -2.09. The Labute approximate surface area is 138 Å². The number of carbonyl (C=O) groups is 1. The fourth-order valence-corrected chi connectivity index (χ4v) is 2.19. The number of carbonyl (C=O) groups excluding carboxylic acids is 1. The van der Waals surface area contributed by atoms with Crippen molar-refractivity contribution in [1.82, 2.24) is 0 Å². The van der Waals surface area contributed by atoms with E-state index >= 15 is 0 Å². The number of aryl methyl sites for hydroxylation is 1. The average molecular weight is 324 g/mol. The number of benzene rings is 1. The van der Waals surface area contributed by atoms with E-state index in [9.17, 15) is 4.79 Å². The molecule has 0 fully saturated rings. The molecule has 1 aromatic carbocycles. The molecular formula is C18H28O5. The molecule has 0 aliphatic rings. The molecule has 130 valence electrons. The van der Waals surface area contributed by atoms with Crippen LogP contribution in [-0.2, 0) is 20.7 Å². The van der Waals surface area contributed by atoms with Gasteiger partial charge in [0.1, 0.15) is 12.4 Å². The Bertz CT molecular complexity index is 416. The van der Waals surface area contributed by atoms with Crippen LogP contribution in [-0.4, -0.2) is 44.6 Å². The molecule has 0 spiro atoms. The quantitative estimate of drug-likeness (QED) is 0.446. The fraction of sp³-hybridized carbons (Fsp3) is 0.611. The second-order valence-corrected chi connectivity index (χ2v) is 5.32. The van der Waals surface area contributed by atoms with E-state index in [-0.39, 0.29) is 12.6 Å². The number of hydrogen-bond donors (Lipinski definition) is 1. The maximum Gasteiger partial charge on any atom is 0.305 e. The average Bonchev–Trinajstić information content (AvgIpc) is 2.58. The van der Waals surface area contributed by atoms with Crippen LogP contribution >= 0.6 is 0 Å². The van der Waals surface area contributed by atoms with Crippen molar-refractivity contribution in [1.29, 1.82) is 0 Å². The highest BCUT2D eigenvalue weighted by molar-refractivity contribution is 5.68. The molecule has 0 saturated heterocycles. The molecule has 0 aromatic heterocycles. The van der Waals surface area contributed by atoms with Crippen LogP contribution in [0.15, 0.2) is 24.3 Å². The Morgan fingerprint density at radius 3 is 2.43 bits per heavy atom. The molecule has 0 radical (unpaired) electrons. The normalized spacial score (nSPS) is 10.5. The molecule has 0 saturated carbocycles. The minimum atomic E-state index is -0.123. The summed E-state index contributed by atoms with van der Waals surface area (Å²) in [6.07, 6.45) is 5.76. The van der Waals surface area contributed by atoms with Crippen molar-refractivity contribution in [3.05, 3.63) is 29.8 Å². The number of aliphatic hydroxyl groups excluding tert-OH is 1. The summed E-state index contributed by atoms with van der Waals surface area (Å²) in [4.78, 5) is 11.0. The monoisotopic (exact) mass is 324 g/mol. The molecule has 1 rings (SSSR count). The molecule has 0 amide bonds. The first-order valence-corrected chi connectivity index (χ1v) is 8.23. The highest BCUT2D eigenvalue weighted by atomic mass is 16.5. The van der Waals surface area contributed by atoms with Gasteiger partial charge in [0.25, 0.3) is 0 Å². The second kappa shape index (κ2) is 12.9. The summed E-state index contributed by atoms with van der Waals surface area (Å²) < 4.78 is 15.3. The minimum absolute atomic E-state index is 0.0391. The van der Waals surface area contributed by atoms with Crippen LogP contribution in [0.3, 0.4) is 0 Å². The number of methoxy groups -OCH3 is 1. The highest BCUT2D eigenvalue weighted by Gasteiger charge is 2.00. The summed E-state index contributed by atoms with van der Waals surface area (Å²) in [5, 5.41) is 8.58. The molecular weight excluding hydrogens is 296 g/mol. The van der Waals surface area contributed by atoms with Crippen molar-refractivity contribution >= 4 is 5.97 Å². The van der Waals surface area contributed by atoms with Crippen LogP contribution < -0.4 is 4.74 Å². The molecule has 5 heteroatoms. The molecule has 1 aromatic rings. The van der Waals surface area contributed by atoms with Gasteiger partial charge in [-0.15, -0.1) is 0 Å². The third-order valence-corrected chi connectivity index (χ3v) is 3.48.